The summed E-state index contributed by atoms with van der Waals surface area (Å²) in [6.45, 7) is 0.823. The van der Waals surface area contributed by atoms with Crippen molar-refractivity contribution in [1.82, 2.24) is 10.3 Å². The summed E-state index contributed by atoms with van der Waals surface area (Å²) in [5.74, 6) is 0.339. The van der Waals surface area contributed by atoms with E-state index in [1.54, 1.807) is 30.5 Å². The van der Waals surface area contributed by atoms with E-state index < -0.39 is 4.92 Å². The number of aryl methyl sites for hydroxylation is 1. The molecule has 0 unspecified atom stereocenters. The molecule has 2 aromatic rings. The lowest BCUT2D eigenvalue weighted by molar-refractivity contribution is -0.384. The van der Waals surface area contributed by atoms with Gasteiger partial charge in [-0.15, -0.1) is 0 Å². The smallest absolute Gasteiger partial charge is 0.269 e. The van der Waals surface area contributed by atoms with Gasteiger partial charge in [0.25, 0.3) is 5.69 Å². The van der Waals surface area contributed by atoms with Crippen LogP contribution in [-0.4, -0.2) is 28.9 Å². The highest BCUT2D eigenvalue weighted by Gasteiger charge is 2.07. The van der Waals surface area contributed by atoms with Gasteiger partial charge in [-0.3, -0.25) is 14.9 Å². The summed E-state index contributed by atoms with van der Waals surface area (Å²) in [7, 11) is 0. The third-order valence-corrected chi connectivity index (χ3v) is 3.43. The molecule has 0 atom stereocenters. The minimum Gasteiger partial charge on any atom is -0.367 e. The maximum absolute atomic E-state index is 11.8. The van der Waals surface area contributed by atoms with Gasteiger partial charge in [-0.25, -0.2) is 4.98 Å². The fourth-order valence-electron chi connectivity index (χ4n) is 2.19. The molecule has 1 amide bonds. The SMILES string of the molecule is N#Cc1cccnc1NCCNC(=O)CCc1cccc([N+](=O)[O-])c1. The minimum atomic E-state index is -0.456. The van der Waals surface area contributed by atoms with E-state index in [2.05, 4.69) is 15.6 Å². The molecule has 1 aromatic heterocycles. The molecule has 0 bridgehead atoms. The van der Waals surface area contributed by atoms with Gasteiger partial charge in [0.2, 0.25) is 5.91 Å². The number of non-ortho nitro benzene ring substituents is 1. The molecule has 0 aliphatic heterocycles. The quantitative estimate of drug-likeness (QED) is 0.431. The lowest BCUT2D eigenvalue weighted by Gasteiger charge is -2.08. The number of nitrogens with one attached hydrogen (secondary N) is 2. The summed E-state index contributed by atoms with van der Waals surface area (Å²) in [4.78, 5) is 26.2. The molecule has 0 aliphatic rings. The second kappa shape index (κ2) is 8.98. The average Bonchev–Trinajstić information content (AvgIpc) is 2.64. The van der Waals surface area contributed by atoms with Crippen molar-refractivity contribution in [3.05, 3.63) is 63.8 Å². The van der Waals surface area contributed by atoms with Gasteiger partial charge >= 0.3 is 0 Å². The van der Waals surface area contributed by atoms with Crippen LogP contribution < -0.4 is 10.6 Å². The van der Waals surface area contributed by atoms with Crippen LogP contribution in [0.5, 0.6) is 0 Å². The minimum absolute atomic E-state index is 0.0192. The van der Waals surface area contributed by atoms with Gasteiger partial charge in [-0.2, -0.15) is 5.26 Å². The number of pyridine rings is 1. The number of carbonyl (C=O) groups excluding carboxylic acids is 1. The molecule has 2 rings (SSSR count). The first kappa shape index (κ1) is 17.9. The number of benzene rings is 1. The lowest BCUT2D eigenvalue weighted by Crippen LogP contribution is -2.29. The maximum Gasteiger partial charge on any atom is 0.269 e. The van der Waals surface area contributed by atoms with Crippen LogP contribution in [0.15, 0.2) is 42.6 Å². The fourth-order valence-corrected chi connectivity index (χ4v) is 2.19. The van der Waals surface area contributed by atoms with Crippen molar-refractivity contribution in [2.45, 2.75) is 12.8 Å². The predicted molar refractivity (Wildman–Crippen MR) is 91.9 cm³/mol. The van der Waals surface area contributed by atoms with E-state index in [0.29, 0.717) is 30.9 Å². The Bertz CT molecular complexity index is 801. The van der Waals surface area contributed by atoms with E-state index >= 15 is 0 Å². The second-order valence-electron chi connectivity index (χ2n) is 5.22. The Kier molecular flexibility index (Phi) is 6.42. The molecule has 8 heteroatoms. The second-order valence-corrected chi connectivity index (χ2v) is 5.22. The number of hydrogen-bond acceptors (Lipinski definition) is 6. The van der Waals surface area contributed by atoms with Gasteiger partial charge < -0.3 is 10.6 Å². The Balaban J connectivity index is 1.72. The molecule has 0 saturated carbocycles. The highest BCUT2D eigenvalue weighted by atomic mass is 16.6. The van der Waals surface area contributed by atoms with Crippen molar-refractivity contribution in [3.63, 3.8) is 0 Å². The van der Waals surface area contributed by atoms with Crippen LogP contribution in [0.25, 0.3) is 0 Å². The fraction of sp³-hybridized carbons (Fsp3) is 0.235. The maximum atomic E-state index is 11.8. The van der Waals surface area contributed by atoms with Gasteiger partial charge in [0.05, 0.1) is 10.5 Å². The number of nitro groups is 1. The molecule has 25 heavy (non-hydrogen) atoms. The number of nitro benzene ring substituents is 1. The third-order valence-electron chi connectivity index (χ3n) is 3.43. The molecule has 1 aromatic carbocycles. The molecule has 1 heterocycles. The molecule has 0 radical (unpaired) electrons. The van der Waals surface area contributed by atoms with Crippen LogP contribution in [0.2, 0.25) is 0 Å². The van der Waals surface area contributed by atoms with E-state index in [0.717, 1.165) is 5.56 Å². The van der Waals surface area contributed by atoms with Gasteiger partial charge in [0.15, 0.2) is 0 Å². The topological polar surface area (TPSA) is 121 Å². The van der Waals surface area contributed by atoms with Crippen molar-refractivity contribution in [1.29, 1.82) is 5.26 Å². The van der Waals surface area contributed by atoms with Crippen LogP contribution in [0.4, 0.5) is 11.5 Å². The van der Waals surface area contributed by atoms with Gasteiger partial charge in [-0.05, 0) is 24.1 Å². The summed E-state index contributed by atoms with van der Waals surface area (Å²) in [6, 6.07) is 11.6. The zero-order valence-corrected chi connectivity index (χ0v) is 13.4. The Morgan fingerprint density at radius 2 is 2.12 bits per heavy atom. The Morgan fingerprint density at radius 1 is 1.28 bits per heavy atom. The van der Waals surface area contributed by atoms with E-state index in [4.69, 9.17) is 5.26 Å². The van der Waals surface area contributed by atoms with E-state index in [1.165, 1.54) is 12.1 Å². The lowest BCUT2D eigenvalue weighted by atomic mass is 10.1. The summed E-state index contributed by atoms with van der Waals surface area (Å²) < 4.78 is 0. The number of carbonyl (C=O) groups is 1. The summed E-state index contributed by atoms with van der Waals surface area (Å²) in [6.07, 6.45) is 2.26. The Hall–Kier alpha value is -3.47. The molecule has 128 valence electrons. The largest absolute Gasteiger partial charge is 0.367 e. The van der Waals surface area contributed by atoms with E-state index in [9.17, 15) is 14.9 Å². The van der Waals surface area contributed by atoms with Crippen molar-refractivity contribution >= 4 is 17.4 Å². The first-order valence-electron chi connectivity index (χ1n) is 7.69. The van der Waals surface area contributed by atoms with Crippen LogP contribution in [0.3, 0.4) is 0 Å². The van der Waals surface area contributed by atoms with Crippen molar-refractivity contribution in [3.8, 4) is 6.07 Å². The predicted octanol–water partition coefficient (Wildman–Crippen LogP) is 2.02. The first-order chi connectivity index (χ1) is 12.1. The number of nitriles is 1. The molecule has 0 fully saturated rings. The van der Waals surface area contributed by atoms with Gasteiger partial charge in [0, 0.05) is 37.8 Å². The number of amides is 1. The van der Waals surface area contributed by atoms with Crippen LogP contribution in [0, 0.1) is 21.4 Å². The Labute approximate surface area is 144 Å². The van der Waals surface area contributed by atoms with Gasteiger partial charge in [0.1, 0.15) is 11.9 Å². The van der Waals surface area contributed by atoms with Crippen LogP contribution in [-0.2, 0) is 11.2 Å². The number of aromatic nitrogens is 1. The summed E-state index contributed by atoms with van der Waals surface area (Å²) in [5.41, 5.74) is 1.21. The van der Waals surface area contributed by atoms with Crippen LogP contribution >= 0.6 is 0 Å². The summed E-state index contributed by atoms with van der Waals surface area (Å²) >= 11 is 0. The highest BCUT2D eigenvalue weighted by Crippen LogP contribution is 2.14. The zero-order chi connectivity index (χ0) is 18.1. The van der Waals surface area contributed by atoms with Gasteiger partial charge in [-0.1, -0.05) is 12.1 Å². The standard InChI is InChI=1S/C17H17N5O3/c18-12-14-4-2-8-20-17(14)21-10-9-19-16(23)7-6-13-3-1-5-15(11-13)22(24)25/h1-5,8,11H,6-7,9-10H2,(H,19,23)(H,20,21). The molecule has 8 nitrogen and oxygen atoms in total. The highest BCUT2D eigenvalue weighted by molar-refractivity contribution is 5.76. The number of nitrogens with zero attached hydrogens (tertiary/aromatic N) is 3. The van der Waals surface area contributed by atoms with Crippen molar-refractivity contribution in [2.24, 2.45) is 0 Å². The van der Waals surface area contributed by atoms with Crippen molar-refractivity contribution in [2.75, 3.05) is 18.4 Å². The molecular weight excluding hydrogens is 322 g/mol. The van der Waals surface area contributed by atoms with Crippen molar-refractivity contribution < 1.29 is 9.72 Å². The zero-order valence-electron chi connectivity index (χ0n) is 13.4. The molecule has 0 saturated heterocycles. The molecule has 0 aliphatic carbocycles. The average molecular weight is 339 g/mol. The molecule has 2 N–H and O–H groups in total. The first-order valence-corrected chi connectivity index (χ1v) is 7.69. The van der Waals surface area contributed by atoms with E-state index in [-0.39, 0.29) is 18.0 Å². The number of rotatable bonds is 8. The Morgan fingerprint density at radius 3 is 2.88 bits per heavy atom. The molecule has 0 spiro atoms. The summed E-state index contributed by atoms with van der Waals surface area (Å²) in [5, 5.41) is 25.4. The van der Waals surface area contributed by atoms with Crippen LogP contribution in [0.1, 0.15) is 17.5 Å². The number of hydrogen-bond donors (Lipinski definition) is 2. The molecular formula is C17H17N5O3. The third kappa shape index (κ3) is 5.58. The number of anilines is 1. The normalized spacial score (nSPS) is 9.88. The monoisotopic (exact) mass is 339 g/mol. The van der Waals surface area contributed by atoms with E-state index in [1.807, 2.05) is 6.07 Å².